The average molecular weight is 232 g/mol. The molecule has 0 aliphatic heterocycles. The molecule has 17 heavy (non-hydrogen) atoms. The van der Waals surface area contributed by atoms with Gasteiger partial charge in [-0.15, -0.1) is 5.10 Å². The molecule has 0 atom stereocenters. The molecule has 0 radical (unpaired) electrons. The van der Waals surface area contributed by atoms with Gasteiger partial charge < -0.3 is 0 Å². The lowest BCUT2D eigenvalue weighted by atomic mass is 10.0. The van der Waals surface area contributed by atoms with Gasteiger partial charge in [-0.2, -0.15) is 5.26 Å². The van der Waals surface area contributed by atoms with Crippen LogP contribution in [0.2, 0.25) is 0 Å². The summed E-state index contributed by atoms with van der Waals surface area (Å²) >= 11 is 0. The minimum atomic E-state index is 0.393. The quantitative estimate of drug-likeness (QED) is 0.802. The molecule has 0 bridgehead atoms. The van der Waals surface area contributed by atoms with Gasteiger partial charge in [0, 0.05) is 12.5 Å². The van der Waals surface area contributed by atoms with Crippen LogP contribution in [-0.4, -0.2) is 15.0 Å². The summed E-state index contributed by atoms with van der Waals surface area (Å²) < 4.78 is 2.04. The summed E-state index contributed by atoms with van der Waals surface area (Å²) in [5.74, 6) is 1.14. The van der Waals surface area contributed by atoms with Crippen molar-refractivity contribution in [3.05, 3.63) is 11.4 Å². The van der Waals surface area contributed by atoms with Crippen molar-refractivity contribution >= 4 is 0 Å². The third kappa shape index (κ3) is 2.66. The standard InChI is InChI=1S/C13H20N4/c1-10(2)9-17-13(11-5-3-4-6-11)12(7-8-14)15-16-17/h10-11H,3-7,9H2,1-2H3. The number of rotatable bonds is 4. The molecule has 1 aromatic heterocycles. The zero-order chi connectivity index (χ0) is 12.3. The Morgan fingerprint density at radius 3 is 2.71 bits per heavy atom. The van der Waals surface area contributed by atoms with Gasteiger partial charge in [-0.05, 0) is 18.8 Å². The summed E-state index contributed by atoms with van der Waals surface area (Å²) in [5.41, 5.74) is 2.14. The Bertz CT molecular complexity index is 408. The van der Waals surface area contributed by atoms with Gasteiger partial charge in [0.1, 0.15) is 5.69 Å². The van der Waals surface area contributed by atoms with Crippen molar-refractivity contribution in [2.45, 2.75) is 58.4 Å². The molecule has 1 fully saturated rings. The minimum absolute atomic E-state index is 0.393. The van der Waals surface area contributed by atoms with E-state index in [0.29, 0.717) is 18.3 Å². The lowest BCUT2D eigenvalue weighted by Crippen LogP contribution is -2.12. The molecule has 1 saturated carbocycles. The van der Waals surface area contributed by atoms with Crippen LogP contribution in [0.25, 0.3) is 0 Å². The van der Waals surface area contributed by atoms with Crippen LogP contribution >= 0.6 is 0 Å². The highest BCUT2D eigenvalue weighted by molar-refractivity contribution is 5.20. The summed E-state index contributed by atoms with van der Waals surface area (Å²) in [5, 5.41) is 17.3. The van der Waals surface area contributed by atoms with Gasteiger partial charge in [0.05, 0.1) is 18.2 Å². The summed E-state index contributed by atoms with van der Waals surface area (Å²) in [6.45, 7) is 5.28. The average Bonchev–Trinajstić information content (AvgIpc) is 2.87. The Morgan fingerprint density at radius 2 is 2.12 bits per heavy atom. The molecular weight excluding hydrogens is 212 g/mol. The second-order valence-electron chi connectivity index (χ2n) is 5.31. The molecule has 2 rings (SSSR count). The number of hydrogen-bond acceptors (Lipinski definition) is 3. The molecule has 1 aliphatic rings. The van der Waals surface area contributed by atoms with E-state index in [4.69, 9.17) is 5.26 Å². The Morgan fingerprint density at radius 1 is 1.41 bits per heavy atom. The number of nitrogens with zero attached hydrogens (tertiary/aromatic N) is 4. The van der Waals surface area contributed by atoms with Crippen LogP contribution in [0, 0.1) is 17.2 Å². The van der Waals surface area contributed by atoms with Crippen LogP contribution in [0.1, 0.15) is 56.8 Å². The van der Waals surface area contributed by atoms with Crippen LogP contribution in [-0.2, 0) is 13.0 Å². The second kappa shape index (κ2) is 5.31. The van der Waals surface area contributed by atoms with Crippen molar-refractivity contribution in [3.63, 3.8) is 0 Å². The lowest BCUT2D eigenvalue weighted by Gasteiger charge is -2.14. The predicted molar refractivity (Wildman–Crippen MR) is 65.4 cm³/mol. The van der Waals surface area contributed by atoms with E-state index in [9.17, 15) is 0 Å². The molecule has 92 valence electrons. The zero-order valence-electron chi connectivity index (χ0n) is 10.7. The van der Waals surface area contributed by atoms with Crippen LogP contribution in [0.4, 0.5) is 0 Å². The van der Waals surface area contributed by atoms with E-state index in [2.05, 4.69) is 30.2 Å². The Kier molecular flexibility index (Phi) is 3.78. The van der Waals surface area contributed by atoms with E-state index in [1.54, 1.807) is 0 Å². The van der Waals surface area contributed by atoms with E-state index in [0.717, 1.165) is 12.2 Å². The first kappa shape index (κ1) is 12.1. The van der Waals surface area contributed by atoms with Crippen molar-refractivity contribution in [1.29, 1.82) is 5.26 Å². The first-order chi connectivity index (χ1) is 8.22. The first-order valence-electron chi connectivity index (χ1n) is 6.51. The van der Waals surface area contributed by atoms with Crippen LogP contribution in [0.5, 0.6) is 0 Å². The van der Waals surface area contributed by atoms with Crippen molar-refractivity contribution in [3.8, 4) is 6.07 Å². The van der Waals surface area contributed by atoms with E-state index < -0.39 is 0 Å². The monoisotopic (exact) mass is 232 g/mol. The Balaban J connectivity index is 2.28. The maximum absolute atomic E-state index is 8.85. The summed E-state index contributed by atoms with van der Waals surface area (Å²) in [7, 11) is 0. The highest BCUT2D eigenvalue weighted by Crippen LogP contribution is 2.35. The molecule has 1 aliphatic carbocycles. The normalized spacial score (nSPS) is 16.6. The SMILES string of the molecule is CC(C)Cn1nnc(CC#N)c1C1CCCC1. The number of aromatic nitrogens is 3. The second-order valence-corrected chi connectivity index (χ2v) is 5.31. The molecule has 1 aromatic rings. The maximum Gasteiger partial charge on any atom is 0.100 e. The molecule has 0 aromatic carbocycles. The van der Waals surface area contributed by atoms with Crippen molar-refractivity contribution < 1.29 is 0 Å². The summed E-state index contributed by atoms with van der Waals surface area (Å²) in [4.78, 5) is 0. The fourth-order valence-corrected chi connectivity index (χ4v) is 2.68. The molecule has 1 heterocycles. The fraction of sp³-hybridized carbons (Fsp3) is 0.769. The van der Waals surface area contributed by atoms with Crippen molar-refractivity contribution in [2.75, 3.05) is 0 Å². The Hall–Kier alpha value is -1.37. The fourth-order valence-electron chi connectivity index (χ4n) is 2.68. The van der Waals surface area contributed by atoms with Gasteiger partial charge >= 0.3 is 0 Å². The molecular formula is C13H20N4. The highest BCUT2D eigenvalue weighted by atomic mass is 15.4. The van der Waals surface area contributed by atoms with Crippen LogP contribution < -0.4 is 0 Å². The molecule has 0 spiro atoms. The summed E-state index contributed by atoms with van der Waals surface area (Å²) in [6.07, 6.45) is 5.44. The van der Waals surface area contributed by atoms with Gasteiger partial charge in [0.2, 0.25) is 0 Å². The number of nitriles is 1. The molecule has 0 N–H and O–H groups in total. The smallest absolute Gasteiger partial charge is 0.100 e. The maximum atomic E-state index is 8.85. The van der Waals surface area contributed by atoms with Crippen LogP contribution in [0.3, 0.4) is 0 Å². The van der Waals surface area contributed by atoms with E-state index in [1.807, 2.05) is 4.68 Å². The summed E-state index contributed by atoms with van der Waals surface area (Å²) in [6, 6.07) is 2.20. The van der Waals surface area contributed by atoms with Crippen LogP contribution in [0.15, 0.2) is 0 Å². The van der Waals surface area contributed by atoms with E-state index in [1.165, 1.54) is 31.4 Å². The Labute approximate surface area is 103 Å². The van der Waals surface area contributed by atoms with Gasteiger partial charge in [-0.3, -0.25) is 0 Å². The van der Waals surface area contributed by atoms with E-state index >= 15 is 0 Å². The topological polar surface area (TPSA) is 54.5 Å². The largest absolute Gasteiger partial charge is 0.249 e. The molecule has 0 unspecified atom stereocenters. The van der Waals surface area contributed by atoms with Gasteiger partial charge in [-0.1, -0.05) is 31.9 Å². The molecule has 0 saturated heterocycles. The molecule has 4 nitrogen and oxygen atoms in total. The third-order valence-corrected chi connectivity index (χ3v) is 3.37. The van der Waals surface area contributed by atoms with Gasteiger partial charge in [0.25, 0.3) is 0 Å². The minimum Gasteiger partial charge on any atom is -0.249 e. The highest BCUT2D eigenvalue weighted by Gasteiger charge is 2.25. The predicted octanol–water partition coefficient (Wildman–Crippen LogP) is 2.66. The van der Waals surface area contributed by atoms with E-state index in [-0.39, 0.29) is 0 Å². The molecule has 4 heteroatoms. The lowest BCUT2D eigenvalue weighted by molar-refractivity contribution is 0.445. The molecule has 0 amide bonds. The zero-order valence-corrected chi connectivity index (χ0v) is 10.7. The van der Waals surface area contributed by atoms with Crippen molar-refractivity contribution in [2.24, 2.45) is 5.92 Å². The first-order valence-corrected chi connectivity index (χ1v) is 6.51. The van der Waals surface area contributed by atoms with Crippen molar-refractivity contribution in [1.82, 2.24) is 15.0 Å². The van der Waals surface area contributed by atoms with Gasteiger partial charge in [-0.25, -0.2) is 4.68 Å². The van der Waals surface area contributed by atoms with Gasteiger partial charge in [0.15, 0.2) is 0 Å². The number of hydrogen-bond donors (Lipinski definition) is 0. The third-order valence-electron chi connectivity index (χ3n) is 3.37.